The van der Waals surface area contributed by atoms with Gasteiger partial charge < -0.3 is 5.11 Å². The third-order valence-electron chi connectivity index (χ3n) is 3.47. The first kappa shape index (κ1) is 14.0. The van der Waals surface area contributed by atoms with Gasteiger partial charge in [0.15, 0.2) is 0 Å². The third-order valence-corrected chi connectivity index (χ3v) is 5.35. The minimum absolute atomic E-state index is 0.101. The highest BCUT2D eigenvalue weighted by Gasteiger charge is 2.23. The number of benzene rings is 1. The molecule has 0 amide bonds. The number of hydrogen-bond acceptors (Lipinski definition) is 3. The molecular formula is C13H17NO4S. The third kappa shape index (κ3) is 2.96. The van der Waals surface area contributed by atoms with E-state index in [1.165, 1.54) is 4.31 Å². The summed E-state index contributed by atoms with van der Waals surface area (Å²) in [5.41, 5.74) is 2.23. The van der Waals surface area contributed by atoms with Gasteiger partial charge in [0.05, 0.1) is 11.3 Å². The highest BCUT2D eigenvalue weighted by Crippen LogP contribution is 2.19. The van der Waals surface area contributed by atoms with Crippen LogP contribution in [-0.4, -0.2) is 42.6 Å². The Balaban J connectivity index is 2.25. The summed E-state index contributed by atoms with van der Waals surface area (Å²) < 4.78 is 25.2. The maximum absolute atomic E-state index is 11.9. The molecular weight excluding hydrogens is 266 g/mol. The van der Waals surface area contributed by atoms with E-state index in [0.717, 1.165) is 11.1 Å². The van der Waals surface area contributed by atoms with Gasteiger partial charge in [-0.1, -0.05) is 6.07 Å². The first-order chi connectivity index (χ1) is 8.94. The predicted octanol–water partition coefficient (Wildman–Crippen LogP) is 1.14. The summed E-state index contributed by atoms with van der Waals surface area (Å²) in [7, 11) is -3.17. The molecule has 104 valence electrons. The molecule has 1 aromatic carbocycles. The molecule has 0 atom stereocenters. The van der Waals surface area contributed by atoms with Crippen LogP contribution in [0, 0.1) is 0 Å². The second-order valence-corrected chi connectivity index (χ2v) is 6.85. The van der Waals surface area contributed by atoms with E-state index in [0.29, 0.717) is 25.9 Å². The second-order valence-electron chi connectivity index (χ2n) is 4.59. The van der Waals surface area contributed by atoms with E-state index in [9.17, 15) is 13.2 Å². The molecule has 0 spiro atoms. The van der Waals surface area contributed by atoms with Gasteiger partial charge in [-0.05, 0) is 43.0 Å². The topological polar surface area (TPSA) is 74.7 Å². The highest BCUT2D eigenvalue weighted by molar-refractivity contribution is 7.89. The number of carboxylic acid groups (broad SMARTS) is 1. The lowest BCUT2D eigenvalue weighted by molar-refractivity contribution is 0.0696. The zero-order chi connectivity index (χ0) is 14.0. The number of fused-ring (bicyclic) bond motifs is 1. The molecule has 1 N–H and O–H groups in total. The summed E-state index contributed by atoms with van der Waals surface area (Å²) in [4.78, 5) is 10.9. The predicted molar refractivity (Wildman–Crippen MR) is 71.8 cm³/mol. The van der Waals surface area contributed by atoms with Crippen LogP contribution in [0.2, 0.25) is 0 Å². The van der Waals surface area contributed by atoms with Crippen LogP contribution in [0.3, 0.4) is 0 Å². The molecule has 1 aliphatic rings. The molecule has 1 aromatic rings. The Bertz CT molecular complexity index is 595. The molecule has 0 aliphatic carbocycles. The van der Waals surface area contributed by atoms with E-state index in [-0.39, 0.29) is 11.3 Å². The molecule has 19 heavy (non-hydrogen) atoms. The number of carboxylic acids is 1. The molecule has 2 rings (SSSR count). The quantitative estimate of drug-likeness (QED) is 0.902. The van der Waals surface area contributed by atoms with Crippen LogP contribution in [0.5, 0.6) is 0 Å². The molecule has 0 unspecified atom stereocenters. The highest BCUT2D eigenvalue weighted by atomic mass is 32.2. The van der Waals surface area contributed by atoms with Gasteiger partial charge in [-0.15, -0.1) is 0 Å². The second kappa shape index (κ2) is 5.30. The van der Waals surface area contributed by atoms with Gasteiger partial charge in [0.2, 0.25) is 10.0 Å². The van der Waals surface area contributed by atoms with Crippen molar-refractivity contribution in [3.8, 4) is 0 Å². The first-order valence-corrected chi connectivity index (χ1v) is 7.88. The van der Waals surface area contributed by atoms with Crippen molar-refractivity contribution in [2.75, 3.05) is 18.8 Å². The van der Waals surface area contributed by atoms with Crippen LogP contribution in [0.4, 0.5) is 0 Å². The standard InChI is InChI=1S/C13H17NO4S/c1-2-19(17,18)14-7-5-10-3-4-12(13(15)16)9-11(10)6-8-14/h3-4,9H,2,5-8H2,1H3,(H,15,16). The van der Waals surface area contributed by atoms with Gasteiger partial charge in [0.25, 0.3) is 0 Å². The summed E-state index contributed by atoms with van der Waals surface area (Å²) >= 11 is 0. The molecule has 5 nitrogen and oxygen atoms in total. The fraction of sp³-hybridized carbons (Fsp3) is 0.462. The minimum Gasteiger partial charge on any atom is -0.478 e. The van der Waals surface area contributed by atoms with Crippen molar-refractivity contribution in [1.29, 1.82) is 0 Å². The molecule has 0 radical (unpaired) electrons. The molecule has 1 heterocycles. The molecule has 0 saturated heterocycles. The molecule has 6 heteroatoms. The van der Waals surface area contributed by atoms with Crippen LogP contribution in [0.1, 0.15) is 28.4 Å². The normalized spacial score (nSPS) is 16.7. The van der Waals surface area contributed by atoms with E-state index in [2.05, 4.69) is 0 Å². The molecule has 1 aliphatic heterocycles. The lowest BCUT2D eigenvalue weighted by Gasteiger charge is -2.18. The van der Waals surface area contributed by atoms with Crippen molar-refractivity contribution in [1.82, 2.24) is 4.31 Å². The largest absolute Gasteiger partial charge is 0.478 e. The number of sulfonamides is 1. The Morgan fingerprint density at radius 3 is 2.47 bits per heavy atom. The molecule has 0 fully saturated rings. The van der Waals surface area contributed by atoms with Crippen LogP contribution in [0.15, 0.2) is 18.2 Å². The number of carbonyl (C=O) groups is 1. The van der Waals surface area contributed by atoms with E-state index < -0.39 is 16.0 Å². The maximum Gasteiger partial charge on any atom is 0.335 e. The zero-order valence-corrected chi connectivity index (χ0v) is 11.6. The van der Waals surface area contributed by atoms with E-state index in [4.69, 9.17) is 5.11 Å². The lowest BCUT2D eigenvalue weighted by atomic mass is 10.0. The van der Waals surface area contributed by atoms with Crippen molar-refractivity contribution in [3.63, 3.8) is 0 Å². The van der Waals surface area contributed by atoms with Crippen molar-refractivity contribution >= 4 is 16.0 Å². The Hall–Kier alpha value is -1.40. The minimum atomic E-state index is -3.17. The van der Waals surface area contributed by atoms with Crippen molar-refractivity contribution in [3.05, 3.63) is 34.9 Å². The first-order valence-electron chi connectivity index (χ1n) is 6.27. The van der Waals surface area contributed by atoms with Gasteiger partial charge in [0, 0.05) is 13.1 Å². The average molecular weight is 283 g/mol. The van der Waals surface area contributed by atoms with Gasteiger partial charge in [-0.2, -0.15) is 0 Å². The Morgan fingerprint density at radius 2 is 1.89 bits per heavy atom. The number of rotatable bonds is 3. The van der Waals surface area contributed by atoms with Crippen LogP contribution in [0.25, 0.3) is 0 Å². The summed E-state index contributed by atoms with van der Waals surface area (Å²) in [6, 6.07) is 5.02. The average Bonchev–Trinajstić information content (AvgIpc) is 2.60. The Labute approximate surface area is 112 Å². The van der Waals surface area contributed by atoms with E-state index in [1.54, 1.807) is 25.1 Å². The zero-order valence-electron chi connectivity index (χ0n) is 10.8. The van der Waals surface area contributed by atoms with Crippen molar-refractivity contribution < 1.29 is 18.3 Å². The Kier molecular flexibility index (Phi) is 3.91. The summed E-state index contributed by atoms with van der Waals surface area (Å²) in [5.74, 6) is -0.853. The molecule has 0 aromatic heterocycles. The summed E-state index contributed by atoms with van der Waals surface area (Å²) in [6.45, 7) is 2.53. The van der Waals surface area contributed by atoms with Crippen molar-refractivity contribution in [2.45, 2.75) is 19.8 Å². The van der Waals surface area contributed by atoms with Crippen LogP contribution in [-0.2, 0) is 22.9 Å². The van der Waals surface area contributed by atoms with E-state index in [1.807, 2.05) is 0 Å². The SMILES string of the molecule is CCS(=O)(=O)N1CCc2ccc(C(=O)O)cc2CC1. The fourth-order valence-electron chi connectivity index (χ4n) is 2.30. The smallest absolute Gasteiger partial charge is 0.335 e. The Morgan fingerprint density at radius 1 is 1.26 bits per heavy atom. The van der Waals surface area contributed by atoms with Gasteiger partial charge in [-0.3, -0.25) is 0 Å². The monoisotopic (exact) mass is 283 g/mol. The number of nitrogens with zero attached hydrogens (tertiary/aromatic N) is 1. The number of aromatic carboxylic acids is 1. The fourth-order valence-corrected chi connectivity index (χ4v) is 3.40. The van der Waals surface area contributed by atoms with Gasteiger partial charge in [-0.25, -0.2) is 17.5 Å². The van der Waals surface area contributed by atoms with Crippen LogP contribution < -0.4 is 0 Å². The molecule has 0 saturated carbocycles. The van der Waals surface area contributed by atoms with Crippen LogP contribution >= 0.6 is 0 Å². The van der Waals surface area contributed by atoms with E-state index >= 15 is 0 Å². The van der Waals surface area contributed by atoms with Crippen molar-refractivity contribution in [2.24, 2.45) is 0 Å². The number of hydrogen-bond donors (Lipinski definition) is 1. The lowest BCUT2D eigenvalue weighted by Crippen LogP contribution is -2.34. The molecule has 0 bridgehead atoms. The van der Waals surface area contributed by atoms with Gasteiger partial charge in [0.1, 0.15) is 0 Å². The van der Waals surface area contributed by atoms with Gasteiger partial charge >= 0.3 is 5.97 Å². The summed E-state index contributed by atoms with van der Waals surface area (Å²) in [6.07, 6.45) is 1.20. The summed E-state index contributed by atoms with van der Waals surface area (Å²) in [5, 5.41) is 8.97. The maximum atomic E-state index is 11.9.